The van der Waals surface area contributed by atoms with Gasteiger partial charge in [0.05, 0.1) is 11.2 Å². The van der Waals surface area contributed by atoms with Crippen LogP contribution in [0.3, 0.4) is 0 Å². The second-order valence-corrected chi connectivity index (χ2v) is 7.65. The number of aliphatic carboxylic acids is 2. The molecule has 0 aliphatic heterocycles. The van der Waals surface area contributed by atoms with E-state index in [1.165, 1.54) is 0 Å². The van der Waals surface area contributed by atoms with Crippen LogP contribution in [0.1, 0.15) is 11.6 Å². The lowest BCUT2D eigenvalue weighted by Gasteiger charge is -2.13. The summed E-state index contributed by atoms with van der Waals surface area (Å²) in [5.74, 6) is -5.84. The number of nitrogens with one attached hydrogen (secondary N) is 2. The van der Waals surface area contributed by atoms with E-state index in [-0.39, 0.29) is 5.91 Å². The summed E-state index contributed by atoms with van der Waals surface area (Å²) in [6, 6.07) is 11.3. The minimum Gasteiger partial charge on any atom is -0.475 e. The molecule has 206 valence electrons. The minimum atomic E-state index is -5.08. The molecule has 1 heterocycles. The Kier molecular flexibility index (Phi) is 11.6. The molecule has 0 fully saturated rings. The Morgan fingerprint density at radius 3 is 1.82 bits per heavy atom. The molecule has 3 rings (SSSR count). The zero-order valence-corrected chi connectivity index (χ0v) is 20.0. The number of amides is 1. The Hall–Kier alpha value is -3.82. The van der Waals surface area contributed by atoms with Crippen molar-refractivity contribution in [3.05, 3.63) is 70.5 Å². The molecule has 0 saturated heterocycles. The summed E-state index contributed by atoms with van der Waals surface area (Å²) < 4.78 is 63.5. The smallest absolute Gasteiger partial charge is 0.475 e. The first-order chi connectivity index (χ1) is 17.4. The first kappa shape index (κ1) is 32.2. The van der Waals surface area contributed by atoms with Crippen LogP contribution in [0.4, 0.5) is 32.0 Å². The average molecular weight is 589 g/mol. The second-order valence-electron chi connectivity index (χ2n) is 6.81. The largest absolute Gasteiger partial charge is 0.490 e. The number of aromatic amines is 1. The Balaban J connectivity index is 0.000000426. The van der Waals surface area contributed by atoms with Gasteiger partial charge < -0.3 is 21.3 Å². The number of hydrogen-bond donors (Lipinski definition) is 5. The van der Waals surface area contributed by atoms with Crippen LogP contribution in [-0.2, 0) is 14.4 Å². The first-order valence-corrected chi connectivity index (χ1v) is 10.4. The van der Waals surface area contributed by atoms with Gasteiger partial charge in [-0.15, -0.1) is 0 Å². The molecule has 0 spiro atoms. The average Bonchev–Trinajstić information content (AvgIpc) is 3.33. The molecule has 2 aromatic carbocycles. The molecule has 1 amide bonds. The number of carboxylic acid groups (broad SMARTS) is 2. The van der Waals surface area contributed by atoms with Gasteiger partial charge in [0.1, 0.15) is 6.04 Å². The van der Waals surface area contributed by atoms with Crippen molar-refractivity contribution < 1.29 is 50.9 Å². The molecule has 9 nitrogen and oxygen atoms in total. The third kappa shape index (κ3) is 10.7. The predicted molar refractivity (Wildman–Crippen MR) is 123 cm³/mol. The number of carbonyl (C=O) groups is 3. The number of aromatic nitrogens is 2. The fraction of sp³-hybridized carbons (Fsp3) is 0.143. The fourth-order valence-corrected chi connectivity index (χ4v) is 2.68. The van der Waals surface area contributed by atoms with Gasteiger partial charge >= 0.3 is 24.3 Å². The summed E-state index contributed by atoms with van der Waals surface area (Å²) in [5.41, 5.74) is 8.93. The van der Waals surface area contributed by atoms with Crippen LogP contribution in [0.2, 0.25) is 10.0 Å². The summed E-state index contributed by atoms with van der Waals surface area (Å²) in [6.07, 6.45) is -6.74. The number of nitrogens with two attached hydrogens (primary N) is 1. The maximum Gasteiger partial charge on any atom is 0.490 e. The highest BCUT2D eigenvalue weighted by Crippen LogP contribution is 2.30. The highest BCUT2D eigenvalue weighted by molar-refractivity contribution is 6.33. The number of rotatable bonds is 4. The van der Waals surface area contributed by atoms with Crippen molar-refractivity contribution >= 4 is 46.7 Å². The third-order valence-electron chi connectivity index (χ3n) is 4.04. The van der Waals surface area contributed by atoms with E-state index < -0.39 is 30.3 Å². The van der Waals surface area contributed by atoms with Crippen LogP contribution in [0.5, 0.6) is 0 Å². The lowest BCUT2D eigenvalue weighted by atomic mass is 10.1. The van der Waals surface area contributed by atoms with Gasteiger partial charge in [0, 0.05) is 28.0 Å². The van der Waals surface area contributed by atoms with Gasteiger partial charge in [0.25, 0.3) is 0 Å². The van der Waals surface area contributed by atoms with E-state index in [1.807, 2.05) is 6.07 Å². The number of carboxylic acids is 2. The highest BCUT2D eigenvalue weighted by Gasteiger charge is 2.38. The van der Waals surface area contributed by atoms with Crippen molar-refractivity contribution in [2.24, 2.45) is 5.73 Å². The molecule has 6 N–H and O–H groups in total. The molecule has 0 radical (unpaired) electrons. The first-order valence-electron chi connectivity index (χ1n) is 9.64. The normalized spacial score (nSPS) is 11.7. The number of alkyl halides is 6. The SMILES string of the molecule is NC(C(=O)Nc1ccc(-c2cn[nH]c2)c(Cl)c1)c1ccc(Cl)cc1.O=C(O)C(F)(F)F.O=C(O)C(F)(F)F. The van der Waals surface area contributed by atoms with E-state index in [0.717, 1.165) is 11.1 Å². The molecule has 1 unspecified atom stereocenters. The summed E-state index contributed by atoms with van der Waals surface area (Å²) in [5, 5.41) is 24.7. The third-order valence-corrected chi connectivity index (χ3v) is 4.61. The van der Waals surface area contributed by atoms with E-state index in [0.29, 0.717) is 21.3 Å². The van der Waals surface area contributed by atoms with E-state index in [4.69, 9.17) is 48.7 Å². The van der Waals surface area contributed by atoms with E-state index in [2.05, 4.69) is 15.5 Å². The molecule has 3 aromatic rings. The topological polar surface area (TPSA) is 158 Å². The summed E-state index contributed by atoms with van der Waals surface area (Å²) in [7, 11) is 0. The zero-order chi connectivity index (χ0) is 29.3. The van der Waals surface area contributed by atoms with E-state index in [1.54, 1.807) is 48.8 Å². The van der Waals surface area contributed by atoms with E-state index in [9.17, 15) is 31.1 Å². The molecular formula is C21H16Cl2F6N4O5. The van der Waals surface area contributed by atoms with Crippen LogP contribution in [0, 0.1) is 0 Å². The summed E-state index contributed by atoms with van der Waals surface area (Å²) in [4.78, 5) is 30.1. The maximum atomic E-state index is 12.3. The molecule has 17 heteroatoms. The molecule has 1 atom stereocenters. The monoisotopic (exact) mass is 588 g/mol. The molecular weight excluding hydrogens is 573 g/mol. The lowest BCUT2D eigenvalue weighted by molar-refractivity contribution is -0.193. The molecule has 0 aliphatic carbocycles. The van der Waals surface area contributed by atoms with Crippen molar-refractivity contribution in [1.82, 2.24) is 10.2 Å². The van der Waals surface area contributed by atoms with E-state index >= 15 is 0 Å². The number of nitrogens with zero attached hydrogens (tertiary/aromatic N) is 1. The van der Waals surface area contributed by atoms with Gasteiger partial charge in [-0.05, 0) is 29.8 Å². The quantitative estimate of drug-likeness (QED) is 0.259. The summed E-state index contributed by atoms with van der Waals surface area (Å²) in [6.45, 7) is 0. The Bertz CT molecular complexity index is 1210. The van der Waals surface area contributed by atoms with Crippen molar-refractivity contribution in [2.45, 2.75) is 18.4 Å². The van der Waals surface area contributed by atoms with Gasteiger partial charge in [-0.25, -0.2) is 9.59 Å². The molecule has 1 aromatic heterocycles. The number of hydrogen-bond acceptors (Lipinski definition) is 5. The van der Waals surface area contributed by atoms with Crippen LogP contribution < -0.4 is 11.1 Å². The molecule has 0 bridgehead atoms. The van der Waals surface area contributed by atoms with Gasteiger partial charge in [-0.2, -0.15) is 31.4 Å². The van der Waals surface area contributed by atoms with Crippen LogP contribution in [0.15, 0.2) is 54.9 Å². The number of H-pyrrole nitrogens is 1. The number of benzene rings is 2. The second kappa shape index (κ2) is 13.6. The van der Waals surface area contributed by atoms with Gasteiger partial charge in [0.15, 0.2) is 0 Å². The Labute approximate surface area is 219 Å². The maximum absolute atomic E-state index is 12.3. The van der Waals surface area contributed by atoms with Crippen LogP contribution >= 0.6 is 23.2 Å². The molecule has 0 saturated carbocycles. The summed E-state index contributed by atoms with van der Waals surface area (Å²) >= 11 is 12.1. The number of anilines is 1. The molecule has 38 heavy (non-hydrogen) atoms. The van der Waals surface area contributed by atoms with Crippen molar-refractivity contribution in [3.63, 3.8) is 0 Å². The van der Waals surface area contributed by atoms with Gasteiger partial charge in [-0.3, -0.25) is 9.89 Å². The predicted octanol–water partition coefficient (Wildman–Crippen LogP) is 5.29. The van der Waals surface area contributed by atoms with Crippen molar-refractivity contribution in [3.8, 4) is 11.1 Å². The fourth-order valence-electron chi connectivity index (χ4n) is 2.27. The minimum absolute atomic E-state index is 0.329. The van der Waals surface area contributed by atoms with Crippen molar-refractivity contribution in [2.75, 3.05) is 5.32 Å². The van der Waals surface area contributed by atoms with Crippen LogP contribution in [0.25, 0.3) is 11.1 Å². The molecule has 0 aliphatic rings. The Morgan fingerprint density at radius 1 is 0.921 bits per heavy atom. The zero-order valence-electron chi connectivity index (χ0n) is 18.4. The Morgan fingerprint density at radius 2 is 1.42 bits per heavy atom. The van der Waals surface area contributed by atoms with Gasteiger partial charge in [0.2, 0.25) is 5.91 Å². The van der Waals surface area contributed by atoms with Crippen molar-refractivity contribution in [1.29, 1.82) is 0 Å². The number of halogens is 8. The number of carbonyl (C=O) groups excluding carboxylic acids is 1. The highest BCUT2D eigenvalue weighted by atomic mass is 35.5. The lowest BCUT2D eigenvalue weighted by Crippen LogP contribution is -2.27. The van der Waals surface area contributed by atoms with Gasteiger partial charge in [-0.1, -0.05) is 41.4 Å². The standard InChI is InChI=1S/C17H14Cl2N4O.2C2HF3O2/c18-12-3-1-10(2-4-12)16(20)17(24)23-13-5-6-14(15(19)7-13)11-8-21-22-9-11;2*3-2(4,5)1(6)7/h1-9,16H,20H2,(H,21,22)(H,23,24);2*(H,6,7). The van der Waals surface area contributed by atoms with Crippen LogP contribution in [-0.4, -0.2) is 50.6 Å².